The molecule has 3 rings (SSSR count). The van der Waals surface area contributed by atoms with Crippen molar-refractivity contribution in [3.8, 4) is 17.1 Å². The lowest BCUT2D eigenvalue weighted by Gasteiger charge is -2.02. The SMILES string of the molecule is COc1ccc(C(=O)N/N=C\c2ccc(-c3ccc(Cl)c(C(=O)O)c3)o2)cc1. The maximum Gasteiger partial charge on any atom is 0.337 e. The molecule has 0 atom stereocenters. The molecule has 0 saturated heterocycles. The zero-order valence-corrected chi connectivity index (χ0v) is 15.4. The Balaban J connectivity index is 1.68. The highest BCUT2D eigenvalue weighted by Crippen LogP contribution is 2.26. The third-order valence-electron chi connectivity index (χ3n) is 3.82. The Morgan fingerprint density at radius 1 is 1.14 bits per heavy atom. The highest BCUT2D eigenvalue weighted by molar-refractivity contribution is 6.33. The topological polar surface area (TPSA) is 101 Å². The minimum absolute atomic E-state index is 0.0162. The van der Waals surface area contributed by atoms with E-state index in [1.807, 2.05) is 0 Å². The van der Waals surface area contributed by atoms with Crippen molar-refractivity contribution in [2.45, 2.75) is 0 Å². The van der Waals surface area contributed by atoms with E-state index in [9.17, 15) is 9.59 Å². The lowest BCUT2D eigenvalue weighted by atomic mass is 10.1. The average molecular weight is 399 g/mol. The molecular weight excluding hydrogens is 384 g/mol. The van der Waals surface area contributed by atoms with Crippen molar-refractivity contribution in [2.75, 3.05) is 7.11 Å². The predicted octanol–water partition coefficient (Wildman–Crippen LogP) is 4.07. The normalized spacial score (nSPS) is 10.8. The third-order valence-corrected chi connectivity index (χ3v) is 4.15. The van der Waals surface area contributed by atoms with Crippen LogP contribution in [0.1, 0.15) is 26.5 Å². The molecule has 28 heavy (non-hydrogen) atoms. The van der Waals surface area contributed by atoms with Gasteiger partial charge in [0.1, 0.15) is 17.3 Å². The monoisotopic (exact) mass is 398 g/mol. The van der Waals surface area contributed by atoms with Crippen LogP contribution >= 0.6 is 11.6 Å². The van der Waals surface area contributed by atoms with E-state index in [1.54, 1.807) is 49.6 Å². The fraction of sp³-hybridized carbons (Fsp3) is 0.0500. The summed E-state index contributed by atoms with van der Waals surface area (Å²) in [6.07, 6.45) is 1.35. The van der Waals surface area contributed by atoms with Gasteiger partial charge in [0.25, 0.3) is 5.91 Å². The second-order valence-electron chi connectivity index (χ2n) is 5.63. The summed E-state index contributed by atoms with van der Waals surface area (Å²) in [6.45, 7) is 0. The molecule has 8 heteroatoms. The summed E-state index contributed by atoms with van der Waals surface area (Å²) in [5, 5.41) is 13.2. The van der Waals surface area contributed by atoms with Crippen molar-refractivity contribution >= 4 is 29.7 Å². The molecule has 7 nitrogen and oxygen atoms in total. The van der Waals surface area contributed by atoms with Gasteiger partial charge >= 0.3 is 5.97 Å². The number of ether oxygens (including phenoxy) is 1. The maximum absolute atomic E-state index is 12.0. The molecule has 1 amide bonds. The van der Waals surface area contributed by atoms with Gasteiger partial charge in [-0.25, -0.2) is 10.2 Å². The fourth-order valence-electron chi connectivity index (χ4n) is 2.38. The van der Waals surface area contributed by atoms with Crippen LogP contribution in [0.2, 0.25) is 5.02 Å². The number of halogens is 1. The summed E-state index contributed by atoms with van der Waals surface area (Å²) in [4.78, 5) is 23.2. The predicted molar refractivity (Wildman–Crippen MR) is 104 cm³/mol. The van der Waals surface area contributed by atoms with E-state index in [-0.39, 0.29) is 16.5 Å². The van der Waals surface area contributed by atoms with Crippen molar-refractivity contribution in [1.82, 2.24) is 5.43 Å². The van der Waals surface area contributed by atoms with Gasteiger partial charge < -0.3 is 14.3 Å². The molecule has 0 aliphatic heterocycles. The highest BCUT2D eigenvalue weighted by Gasteiger charge is 2.12. The van der Waals surface area contributed by atoms with Gasteiger partial charge in [-0.2, -0.15) is 5.10 Å². The van der Waals surface area contributed by atoms with E-state index >= 15 is 0 Å². The lowest BCUT2D eigenvalue weighted by molar-refractivity contribution is 0.0697. The number of amides is 1. The second-order valence-corrected chi connectivity index (χ2v) is 6.04. The van der Waals surface area contributed by atoms with Gasteiger partial charge in [-0.3, -0.25) is 4.79 Å². The van der Waals surface area contributed by atoms with Gasteiger partial charge in [0, 0.05) is 11.1 Å². The number of methoxy groups -OCH3 is 1. The number of benzene rings is 2. The molecule has 2 N–H and O–H groups in total. The Labute approximate surface area is 165 Å². The first-order chi connectivity index (χ1) is 13.5. The van der Waals surface area contributed by atoms with Crippen molar-refractivity contribution in [3.63, 3.8) is 0 Å². The highest BCUT2D eigenvalue weighted by atomic mass is 35.5. The molecule has 0 aliphatic rings. The second kappa shape index (κ2) is 8.41. The Morgan fingerprint density at radius 2 is 1.89 bits per heavy atom. The smallest absolute Gasteiger partial charge is 0.337 e. The molecule has 0 saturated carbocycles. The number of carbonyl (C=O) groups is 2. The number of carboxylic acids is 1. The molecule has 0 fully saturated rings. The first-order valence-electron chi connectivity index (χ1n) is 8.08. The number of carboxylic acid groups (broad SMARTS) is 1. The lowest BCUT2D eigenvalue weighted by Crippen LogP contribution is -2.17. The first-order valence-corrected chi connectivity index (χ1v) is 8.46. The minimum Gasteiger partial charge on any atom is -0.497 e. The number of aromatic carboxylic acids is 1. The van der Waals surface area contributed by atoms with Crippen LogP contribution in [0.15, 0.2) is 64.1 Å². The number of carbonyl (C=O) groups excluding carboxylic acids is 1. The van der Waals surface area contributed by atoms with Crippen LogP contribution in [0.5, 0.6) is 5.75 Å². The first kappa shape index (κ1) is 19.2. The van der Waals surface area contributed by atoms with Crippen LogP contribution in [0.3, 0.4) is 0 Å². The summed E-state index contributed by atoms with van der Waals surface area (Å²) in [5.74, 6) is -0.0219. The molecule has 0 bridgehead atoms. The fourth-order valence-corrected chi connectivity index (χ4v) is 2.58. The minimum atomic E-state index is -1.12. The van der Waals surface area contributed by atoms with Crippen LogP contribution in [-0.4, -0.2) is 30.3 Å². The molecule has 0 radical (unpaired) electrons. The quantitative estimate of drug-likeness (QED) is 0.481. The van der Waals surface area contributed by atoms with Crippen LogP contribution < -0.4 is 10.2 Å². The van der Waals surface area contributed by atoms with Gasteiger partial charge in [0.15, 0.2) is 0 Å². The van der Waals surface area contributed by atoms with E-state index in [0.29, 0.717) is 28.4 Å². The average Bonchev–Trinajstić information content (AvgIpc) is 3.17. The molecule has 2 aromatic carbocycles. The number of hydrazone groups is 1. The standard InChI is InChI=1S/C20H15ClN2O5/c1-27-14-5-2-12(3-6-14)19(24)23-22-11-15-7-9-18(28-15)13-4-8-17(21)16(10-13)20(25)26/h2-11H,1H3,(H,23,24)(H,25,26)/b22-11-. The summed E-state index contributed by atoms with van der Waals surface area (Å²) in [6, 6.07) is 14.5. The van der Waals surface area contributed by atoms with E-state index in [2.05, 4.69) is 10.5 Å². The van der Waals surface area contributed by atoms with Gasteiger partial charge in [-0.05, 0) is 54.6 Å². The summed E-state index contributed by atoms with van der Waals surface area (Å²) in [5.41, 5.74) is 3.37. The van der Waals surface area contributed by atoms with Crippen LogP contribution in [-0.2, 0) is 0 Å². The van der Waals surface area contributed by atoms with E-state index in [1.165, 1.54) is 18.3 Å². The number of rotatable bonds is 6. The van der Waals surface area contributed by atoms with Gasteiger partial charge in [0.05, 0.1) is 23.9 Å². The number of hydrogen-bond acceptors (Lipinski definition) is 5. The van der Waals surface area contributed by atoms with Gasteiger partial charge in [-0.15, -0.1) is 0 Å². The molecule has 142 valence electrons. The number of furan rings is 1. The molecule has 0 unspecified atom stereocenters. The van der Waals surface area contributed by atoms with Gasteiger partial charge in [-0.1, -0.05) is 11.6 Å². The van der Waals surface area contributed by atoms with Crippen LogP contribution in [0.4, 0.5) is 0 Å². The maximum atomic E-state index is 12.0. The number of nitrogens with zero attached hydrogens (tertiary/aromatic N) is 1. The summed E-state index contributed by atoms with van der Waals surface area (Å²) in [7, 11) is 1.55. The number of nitrogens with one attached hydrogen (secondary N) is 1. The summed E-state index contributed by atoms with van der Waals surface area (Å²) >= 11 is 5.87. The van der Waals surface area contributed by atoms with Crippen LogP contribution in [0, 0.1) is 0 Å². The Bertz CT molecular complexity index is 1040. The molecule has 0 spiro atoms. The Morgan fingerprint density at radius 3 is 2.57 bits per heavy atom. The zero-order chi connectivity index (χ0) is 20.1. The zero-order valence-electron chi connectivity index (χ0n) is 14.7. The van der Waals surface area contributed by atoms with E-state index < -0.39 is 5.97 Å². The number of hydrogen-bond donors (Lipinski definition) is 2. The van der Waals surface area contributed by atoms with Crippen molar-refractivity contribution in [2.24, 2.45) is 5.10 Å². The Hall–Kier alpha value is -3.58. The van der Waals surface area contributed by atoms with Crippen molar-refractivity contribution in [1.29, 1.82) is 0 Å². The van der Waals surface area contributed by atoms with Crippen molar-refractivity contribution in [3.05, 3.63) is 76.5 Å². The molecule has 0 aliphatic carbocycles. The third kappa shape index (κ3) is 4.39. The molecule has 3 aromatic rings. The molecule has 1 aromatic heterocycles. The largest absolute Gasteiger partial charge is 0.497 e. The molecular formula is C20H15ClN2O5. The van der Waals surface area contributed by atoms with Crippen LogP contribution in [0.25, 0.3) is 11.3 Å². The van der Waals surface area contributed by atoms with Gasteiger partial charge in [0.2, 0.25) is 0 Å². The Kier molecular flexibility index (Phi) is 5.76. The van der Waals surface area contributed by atoms with E-state index in [4.69, 9.17) is 25.9 Å². The molecule has 1 heterocycles. The van der Waals surface area contributed by atoms with E-state index in [0.717, 1.165) is 0 Å². The van der Waals surface area contributed by atoms with Crippen molar-refractivity contribution < 1.29 is 23.8 Å². The summed E-state index contributed by atoms with van der Waals surface area (Å²) < 4.78 is 10.6.